The standard InChI is InChI=1S/C15H15F3N2O/c16-15(17,18)12-6-1-2-7-13(12)20-14(21)11-5-3-4-10(8-11)9-19/h3-5,8,12-13H,1-2,6-7H2,(H,20,21)/t12-,13-/m1/s1. The highest BCUT2D eigenvalue weighted by Crippen LogP contribution is 2.37. The molecule has 1 N–H and O–H groups in total. The third-order valence-electron chi connectivity index (χ3n) is 3.76. The SMILES string of the molecule is N#Cc1cccc(C(=O)N[C@@H]2CCCC[C@H]2C(F)(F)F)c1. The largest absolute Gasteiger partial charge is 0.393 e. The average molecular weight is 296 g/mol. The molecular weight excluding hydrogens is 281 g/mol. The van der Waals surface area contributed by atoms with E-state index in [2.05, 4.69) is 5.32 Å². The number of amides is 1. The lowest BCUT2D eigenvalue weighted by atomic mass is 9.84. The number of carbonyl (C=O) groups excluding carboxylic acids is 1. The topological polar surface area (TPSA) is 52.9 Å². The van der Waals surface area contributed by atoms with Gasteiger partial charge in [0.05, 0.1) is 17.6 Å². The van der Waals surface area contributed by atoms with Crippen LogP contribution in [-0.2, 0) is 0 Å². The van der Waals surface area contributed by atoms with Crippen LogP contribution in [0.1, 0.15) is 41.6 Å². The number of halogens is 3. The van der Waals surface area contributed by atoms with Gasteiger partial charge in [-0.2, -0.15) is 18.4 Å². The van der Waals surface area contributed by atoms with E-state index in [1.165, 1.54) is 24.3 Å². The first kappa shape index (κ1) is 15.4. The Balaban J connectivity index is 2.12. The van der Waals surface area contributed by atoms with Crippen molar-refractivity contribution in [2.24, 2.45) is 5.92 Å². The van der Waals surface area contributed by atoms with Gasteiger partial charge in [-0.3, -0.25) is 4.79 Å². The highest BCUT2D eigenvalue weighted by molar-refractivity contribution is 5.94. The summed E-state index contributed by atoms with van der Waals surface area (Å²) in [4.78, 5) is 12.1. The zero-order valence-corrected chi connectivity index (χ0v) is 11.3. The van der Waals surface area contributed by atoms with Gasteiger partial charge in [0.15, 0.2) is 0 Å². The van der Waals surface area contributed by atoms with Crippen LogP contribution in [-0.4, -0.2) is 18.1 Å². The monoisotopic (exact) mass is 296 g/mol. The maximum Gasteiger partial charge on any atom is 0.393 e. The van der Waals surface area contributed by atoms with Crippen LogP contribution >= 0.6 is 0 Å². The molecule has 2 rings (SSSR count). The minimum absolute atomic E-state index is 0.0483. The molecule has 0 unspecified atom stereocenters. The molecule has 21 heavy (non-hydrogen) atoms. The van der Waals surface area contributed by atoms with Gasteiger partial charge >= 0.3 is 6.18 Å². The third-order valence-corrected chi connectivity index (χ3v) is 3.76. The Morgan fingerprint density at radius 2 is 2.00 bits per heavy atom. The third kappa shape index (κ3) is 3.75. The summed E-state index contributed by atoms with van der Waals surface area (Å²) < 4.78 is 38.9. The molecule has 1 fully saturated rings. The summed E-state index contributed by atoms with van der Waals surface area (Å²) in [5.74, 6) is -2.05. The van der Waals surface area contributed by atoms with Crippen LogP contribution in [0.5, 0.6) is 0 Å². The maximum atomic E-state index is 13.0. The zero-order chi connectivity index (χ0) is 15.5. The summed E-state index contributed by atoms with van der Waals surface area (Å²) in [6, 6.07) is 6.95. The second-order valence-electron chi connectivity index (χ2n) is 5.21. The van der Waals surface area contributed by atoms with Gasteiger partial charge in [-0.25, -0.2) is 0 Å². The highest BCUT2D eigenvalue weighted by atomic mass is 19.4. The van der Waals surface area contributed by atoms with Gasteiger partial charge < -0.3 is 5.32 Å². The molecule has 1 aromatic carbocycles. The van der Waals surface area contributed by atoms with E-state index in [1.807, 2.05) is 6.07 Å². The first-order chi connectivity index (χ1) is 9.91. The number of benzene rings is 1. The van der Waals surface area contributed by atoms with Gasteiger partial charge in [0.25, 0.3) is 5.91 Å². The lowest BCUT2D eigenvalue weighted by Crippen LogP contribution is -2.47. The van der Waals surface area contributed by atoms with Gasteiger partial charge in [-0.15, -0.1) is 0 Å². The van der Waals surface area contributed by atoms with E-state index >= 15 is 0 Å². The summed E-state index contributed by atoms with van der Waals surface area (Å²) >= 11 is 0. The fourth-order valence-electron chi connectivity index (χ4n) is 2.68. The predicted molar refractivity (Wildman–Crippen MR) is 70.4 cm³/mol. The quantitative estimate of drug-likeness (QED) is 0.909. The number of carbonyl (C=O) groups is 1. The molecule has 0 aromatic heterocycles. The average Bonchev–Trinajstić information content (AvgIpc) is 2.46. The van der Waals surface area contributed by atoms with Gasteiger partial charge in [0, 0.05) is 11.6 Å². The molecule has 112 valence electrons. The van der Waals surface area contributed by atoms with Crippen LogP contribution in [0, 0.1) is 17.2 Å². The number of hydrogen-bond donors (Lipinski definition) is 1. The first-order valence-corrected chi connectivity index (χ1v) is 6.79. The summed E-state index contributed by atoms with van der Waals surface area (Å²) in [7, 11) is 0. The number of alkyl halides is 3. The van der Waals surface area contributed by atoms with Gasteiger partial charge in [-0.05, 0) is 31.0 Å². The first-order valence-electron chi connectivity index (χ1n) is 6.79. The molecule has 0 saturated heterocycles. The van der Waals surface area contributed by atoms with Crippen molar-refractivity contribution in [1.29, 1.82) is 5.26 Å². The summed E-state index contributed by atoms with van der Waals surface area (Å²) in [6.45, 7) is 0. The Morgan fingerprint density at radius 3 is 2.67 bits per heavy atom. The number of hydrogen-bond acceptors (Lipinski definition) is 2. The van der Waals surface area contributed by atoms with E-state index in [0.717, 1.165) is 0 Å². The Kier molecular flexibility index (Phi) is 4.51. The van der Waals surface area contributed by atoms with E-state index in [0.29, 0.717) is 24.8 Å². The molecule has 1 aromatic rings. The molecular formula is C15H15F3N2O. The summed E-state index contributed by atoms with van der Waals surface area (Å²) in [5.41, 5.74) is 0.513. The van der Waals surface area contributed by atoms with Crippen molar-refractivity contribution in [2.45, 2.75) is 37.9 Å². The van der Waals surface area contributed by atoms with Crippen LogP contribution in [0.15, 0.2) is 24.3 Å². The number of nitrogens with one attached hydrogen (secondary N) is 1. The molecule has 0 radical (unpaired) electrons. The zero-order valence-electron chi connectivity index (χ0n) is 11.3. The van der Waals surface area contributed by atoms with Crippen molar-refractivity contribution in [2.75, 3.05) is 0 Å². The molecule has 6 heteroatoms. The van der Waals surface area contributed by atoms with Crippen molar-refractivity contribution in [3.8, 4) is 6.07 Å². The van der Waals surface area contributed by atoms with Crippen molar-refractivity contribution < 1.29 is 18.0 Å². The lowest BCUT2D eigenvalue weighted by Gasteiger charge is -2.33. The number of nitriles is 1. The molecule has 1 aliphatic carbocycles. The molecule has 2 atom stereocenters. The molecule has 3 nitrogen and oxygen atoms in total. The highest BCUT2D eigenvalue weighted by Gasteiger charge is 2.45. The van der Waals surface area contributed by atoms with Crippen molar-refractivity contribution >= 4 is 5.91 Å². The normalized spacial score (nSPS) is 22.4. The van der Waals surface area contributed by atoms with Crippen molar-refractivity contribution in [1.82, 2.24) is 5.32 Å². The molecule has 0 heterocycles. The molecule has 1 amide bonds. The van der Waals surface area contributed by atoms with Crippen molar-refractivity contribution in [3.05, 3.63) is 35.4 Å². The molecule has 1 saturated carbocycles. The van der Waals surface area contributed by atoms with E-state index in [1.54, 1.807) is 0 Å². The van der Waals surface area contributed by atoms with Crippen LogP contribution in [0.2, 0.25) is 0 Å². The minimum Gasteiger partial charge on any atom is -0.349 e. The second kappa shape index (κ2) is 6.17. The van der Waals surface area contributed by atoms with Crippen LogP contribution < -0.4 is 5.32 Å². The lowest BCUT2D eigenvalue weighted by molar-refractivity contribution is -0.187. The Bertz CT molecular complexity index is 563. The van der Waals surface area contributed by atoms with E-state index in [9.17, 15) is 18.0 Å². The summed E-state index contributed by atoms with van der Waals surface area (Å²) in [6.07, 6.45) is -2.72. The molecule has 1 aliphatic rings. The van der Waals surface area contributed by atoms with E-state index < -0.39 is 24.0 Å². The fraction of sp³-hybridized carbons (Fsp3) is 0.467. The fourth-order valence-corrected chi connectivity index (χ4v) is 2.68. The second-order valence-corrected chi connectivity index (χ2v) is 5.21. The predicted octanol–water partition coefficient (Wildman–Crippen LogP) is 3.41. The smallest absolute Gasteiger partial charge is 0.349 e. The van der Waals surface area contributed by atoms with Gasteiger partial charge in [-0.1, -0.05) is 18.9 Å². The molecule has 0 bridgehead atoms. The van der Waals surface area contributed by atoms with Crippen LogP contribution in [0.25, 0.3) is 0 Å². The summed E-state index contributed by atoms with van der Waals surface area (Å²) in [5, 5.41) is 11.3. The van der Waals surface area contributed by atoms with Crippen LogP contribution in [0.3, 0.4) is 0 Å². The van der Waals surface area contributed by atoms with Crippen molar-refractivity contribution in [3.63, 3.8) is 0 Å². The van der Waals surface area contributed by atoms with E-state index in [4.69, 9.17) is 5.26 Å². The number of nitrogens with zero attached hydrogens (tertiary/aromatic N) is 1. The Hall–Kier alpha value is -2.03. The molecule has 0 aliphatic heterocycles. The van der Waals surface area contributed by atoms with E-state index in [-0.39, 0.29) is 12.0 Å². The Morgan fingerprint density at radius 1 is 1.29 bits per heavy atom. The Labute approximate surface area is 120 Å². The van der Waals surface area contributed by atoms with Crippen LogP contribution in [0.4, 0.5) is 13.2 Å². The molecule has 0 spiro atoms. The van der Waals surface area contributed by atoms with Gasteiger partial charge in [0.2, 0.25) is 0 Å². The number of rotatable bonds is 2. The maximum absolute atomic E-state index is 13.0. The minimum atomic E-state index is -4.30. The van der Waals surface area contributed by atoms with Gasteiger partial charge in [0.1, 0.15) is 0 Å².